The molecule has 1 aromatic heterocycles. The summed E-state index contributed by atoms with van der Waals surface area (Å²) in [6, 6.07) is 1.09. The molecule has 0 bridgehead atoms. The molecule has 78 valence electrons. The molecule has 14 heavy (non-hydrogen) atoms. The van der Waals surface area contributed by atoms with Gasteiger partial charge in [0.2, 0.25) is 5.88 Å². The summed E-state index contributed by atoms with van der Waals surface area (Å²) in [6.07, 6.45) is 2.28. The highest BCUT2D eigenvalue weighted by molar-refractivity contribution is 6.76. The molecule has 0 aliphatic rings. The van der Waals surface area contributed by atoms with Crippen LogP contribution in [0.1, 0.15) is 10.6 Å². The third-order valence-corrected chi connectivity index (χ3v) is 3.49. The van der Waals surface area contributed by atoms with E-state index >= 15 is 0 Å². The molecule has 0 fully saturated rings. The van der Waals surface area contributed by atoms with Crippen LogP contribution in [0, 0.1) is 0 Å². The third kappa shape index (κ3) is 3.74. The quantitative estimate of drug-likeness (QED) is 0.599. The van der Waals surface area contributed by atoms with Gasteiger partial charge in [-0.15, -0.1) is 0 Å². The van der Waals surface area contributed by atoms with Crippen LogP contribution in [0.3, 0.4) is 0 Å². The summed E-state index contributed by atoms with van der Waals surface area (Å²) in [5.74, 6) is 0.818. The number of carbonyl (C=O) groups excluding carboxylic acids is 1. The molecule has 0 saturated carbocycles. The van der Waals surface area contributed by atoms with Crippen LogP contribution in [-0.4, -0.2) is 30.9 Å². The highest BCUT2D eigenvalue weighted by Gasteiger charge is 2.12. The number of H-pyrrole nitrogens is 1. The largest absolute Gasteiger partial charge is 0.477 e. The number of imidazole rings is 1. The van der Waals surface area contributed by atoms with Crippen molar-refractivity contribution in [3.05, 3.63) is 12.0 Å². The van der Waals surface area contributed by atoms with E-state index in [2.05, 4.69) is 29.6 Å². The van der Waals surface area contributed by atoms with Gasteiger partial charge in [-0.25, -0.2) is 0 Å². The average Bonchev–Trinajstić information content (AvgIpc) is 2.50. The van der Waals surface area contributed by atoms with Gasteiger partial charge >= 0.3 is 0 Å². The maximum atomic E-state index is 10.3. The number of nitrogens with one attached hydrogen (secondary N) is 1. The molecule has 0 unspecified atom stereocenters. The molecule has 0 aromatic carbocycles. The minimum Gasteiger partial charge on any atom is -0.477 e. The Balaban J connectivity index is 2.35. The second kappa shape index (κ2) is 4.41. The number of hydrogen-bond acceptors (Lipinski definition) is 3. The number of aldehydes is 1. The average molecular weight is 212 g/mol. The van der Waals surface area contributed by atoms with Crippen molar-refractivity contribution in [1.29, 1.82) is 0 Å². The highest BCUT2D eigenvalue weighted by atomic mass is 28.3. The first-order valence-corrected chi connectivity index (χ1v) is 8.35. The van der Waals surface area contributed by atoms with E-state index < -0.39 is 8.07 Å². The van der Waals surface area contributed by atoms with Gasteiger partial charge in [0.25, 0.3) is 0 Å². The van der Waals surface area contributed by atoms with E-state index in [1.807, 2.05) is 0 Å². The minimum atomic E-state index is -1.05. The summed E-state index contributed by atoms with van der Waals surface area (Å²) in [4.78, 5) is 16.9. The number of carbonyl (C=O) groups is 1. The minimum absolute atomic E-state index is 0.313. The lowest BCUT2D eigenvalue weighted by Crippen LogP contribution is -2.22. The predicted octanol–water partition coefficient (Wildman–Crippen LogP) is 1.94. The SMILES string of the molecule is C[Si](C)(C)CCOc1c[nH]c(C=O)n1. The molecular formula is C9H16N2O2Si. The lowest BCUT2D eigenvalue weighted by Gasteiger charge is -2.14. The second-order valence-corrected chi connectivity index (χ2v) is 10.0. The summed E-state index contributed by atoms with van der Waals surface area (Å²) in [5, 5.41) is 0. The maximum absolute atomic E-state index is 10.3. The molecule has 0 saturated heterocycles. The van der Waals surface area contributed by atoms with Crippen molar-refractivity contribution in [3.8, 4) is 5.88 Å². The summed E-state index contributed by atoms with van der Waals surface area (Å²) in [7, 11) is -1.05. The molecule has 1 rings (SSSR count). The first-order chi connectivity index (χ1) is 6.51. The summed E-state index contributed by atoms with van der Waals surface area (Å²) in [6.45, 7) is 7.55. The zero-order valence-electron chi connectivity index (χ0n) is 8.83. The van der Waals surface area contributed by atoms with E-state index in [-0.39, 0.29) is 0 Å². The molecule has 0 radical (unpaired) electrons. The monoisotopic (exact) mass is 212 g/mol. The van der Waals surface area contributed by atoms with E-state index in [0.717, 1.165) is 6.04 Å². The molecule has 0 atom stereocenters. The van der Waals surface area contributed by atoms with Gasteiger partial charge in [-0.05, 0) is 6.04 Å². The van der Waals surface area contributed by atoms with Gasteiger partial charge in [-0.1, -0.05) is 19.6 Å². The first kappa shape index (κ1) is 11.0. The fraction of sp³-hybridized carbons (Fsp3) is 0.556. The van der Waals surface area contributed by atoms with Gasteiger partial charge < -0.3 is 9.72 Å². The van der Waals surface area contributed by atoms with E-state index in [9.17, 15) is 4.79 Å². The summed E-state index contributed by atoms with van der Waals surface area (Å²) < 4.78 is 5.40. The molecule has 1 heterocycles. The standard InChI is InChI=1S/C9H16N2O2Si/c1-14(2,3)5-4-13-9-6-10-8(7-12)11-9/h6-7H,4-5H2,1-3H3,(H,10,11). The van der Waals surface area contributed by atoms with Crippen LogP contribution in [0.15, 0.2) is 6.20 Å². The Morgan fingerprint density at radius 2 is 2.29 bits per heavy atom. The molecule has 0 spiro atoms. The molecule has 1 N–H and O–H groups in total. The molecule has 0 amide bonds. The van der Waals surface area contributed by atoms with Crippen LogP contribution in [-0.2, 0) is 0 Å². The van der Waals surface area contributed by atoms with Crippen LogP contribution < -0.4 is 4.74 Å². The van der Waals surface area contributed by atoms with E-state index in [1.165, 1.54) is 0 Å². The van der Waals surface area contributed by atoms with Crippen molar-refractivity contribution in [2.24, 2.45) is 0 Å². The van der Waals surface area contributed by atoms with E-state index in [0.29, 0.717) is 24.6 Å². The van der Waals surface area contributed by atoms with Gasteiger partial charge in [-0.3, -0.25) is 4.79 Å². The first-order valence-electron chi connectivity index (χ1n) is 4.65. The van der Waals surface area contributed by atoms with Crippen LogP contribution >= 0.6 is 0 Å². The van der Waals surface area contributed by atoms with Crippen LogP contribution in [0.2, 0.25) is 25.7 Å². The maximum Gasteiger partial charge on any atom is 0.232 e. The number of aromatic amines is 1. The van der Waals surface area contributed by atoms with Gasteiger partial charge in [0, 0.05) is 8.07 Å². The lowest BCUT2D eigenvalue weighted by molar-refractivity contribution is 0.111. The van der Waals surface area contributed by atoms with Crippen molar-refractivity contribution in [3.63, 3.8) is 0 Å². The van der Waals surface area contributed by atoms with Crippen molar-refractivity contribution in [1.82, 2.24) is 9.97 Å². The van der Waals surface area contributed by atoms with Crippen LogP contribution in [0.4, 0.5) is 0 Å². The Labute approximate surface area is 84.7 Å². The summed E-state index contributed by atoms with van der Waals surface area (Å²) in [5.41, 5.74) is 0. The smallest absolute Gasteiger partial charge is 0.232 e. The molecule has 0 aliphatic heterocycles. The number of nitrogens with zero attached hydrogens (tertiary/aromatic N) is 1. The Morgan fingerprint density at radius 3 is 2.79 bits per heavy atom. The number of ether oxygens (including phenoxy) is 1. The predicted molar refractivity (Wildman–Crippen MR) is 57.6 cm³/mol. The third-order valence-electron chi connectivity index (χ3n) is 1.79. The van der Waals surface area contributed by atoms with Crippen molar-refractivity contribution in [2.45, 2.75) is 25.7 Å². The van der Waals surface area contributed by atoms with Gasteiger partial charge in [0.05, 0.1) is 12.8 Å². The van der Waals surface area contributed by atoms with Crippen molar-refractivity contribution in [2.75, 3.05) is 6.61 Å². The second-order valence-electron chi connectivity index (χ2n) is 4.40. The van der Waals surface area contributed by atoms with E-state index in [4.69, 9.17) is 4.74 Å². The topological polar surface area (TPSA) is 55.0 Å². The number of hydrogen-bond donors (Lipinski definition) is 1. The number of aromatic nitrogens is 2. The van der Waals surface area contributed by atoms with E-state index in [1.54, 1.807) is 6.20 Å². The Bertz CT molecular complexity index is 304. The normalized spacial score (nSPS) is 11.4. The Hall–Kier alpha value is -1.10. The van der Waals surface area contributed by atoms with Crippen molar-refractivity contribution >= 4 is 14.4 Å². The molecule has 1 aromatic rings. The highest BCUT2D eigenvalue weighted by Crippen LogP contribution is 2.10. The zero-order valence-corrected chi connectivity index (χ0v) is 9.83. The molecular weight excluding hydrogens is 196 g/mol. The van der Waals surface area contributed by atoms with Gasteiger partial charge in [0.15, 0.2) is 12.1 Å². The van der Waals surface area contributed by atoms with Gasteiger partial charge in [-0.2, -0.15) is 4.98 Å². The lowest BCUT2D eigenvalue weighted by atomic mass is 10.7. The Morgan fingerprint density at radius 1 is 1.57 bits per heavy atom. The fourth-order valence-corrected chi connectivity index (χ4v) is 1.63. The summed E-state index contributed by atoms with van der Waals surface area (Å²) >= 11 is 0. The molecule has 4 nitrogen and oxygen atoms in total. The van der Waals surface area contributed by atoms with Crippen LogP contribution in [0.25, 0.3) is 0 Å². The number of rotatable bonds is 5. The van der Waals surface area contributed by atoms with Crippen LogP contribution in [0.5, 0.6) is 5.88 Å². The molecule has 0 aliphatic carbocycles. The molecule has 5 heteroatoms. The van der Waals surface area contributed by atoms with Crippen molar-refractivity contribution < 1.29 is 9.53 Å². The zero-order chi connectivity index (χ0) is 10.6. The van der Waals surface area contributed by atoms with Gasteiger partial charge in [0.1, 0.15) is 0 Å². The fourth-order valence-electron chi connectivity index (χ4n) is 0.915. The Kier molecular flexibility index (Phi) is 3.46.